The SMILES string of the molecule is O=S(=O)(O)C(c1ccc(Cl)cc1)(c1ccc(O)c(Cl)c1)c1cc(O)cc(Cl)c1Cl. The summed E-state index contributed by atoms with van der Waals surface area (Å²) in [4.78, 5) is 0. The van der Waals surface area contributed by atoms with Crippen LogP contribution in [0.4, 0.5) is 0 Å². The molecule has 29 heavy (non-hydrogen) atoms. The van der Waals surface area contributed by atoms with E-state index in [2.05, 4.69) is 0 Å². The molecule has 3 N–H and O–H groups in total. The highest BCUT2D eigenvalue weighted by Gasteiger charge is 2.50. The third kappa shape index (κ3) is 3.77. The molecule has 0 aliphatic carbocycles. The highest BCUT2D eigenvalue weighted by molar-refractivity contribution is 7.87. The van der Waals surface area contributed by atoms with Gasteiger partial charge >= 0.3 is 0 Å². The van der Waals surface area contributed by atoms with E-state index in [1.165, 1.54) is 42.5 Å². The molecule has 10 heteroatoms. The van der Waals surface area contributed by atoms with Gasteiger partial charge in [-0.25, -0.2) is 0 Å². The normalized spacial score (nSPS) is 13.8. The highest BCUT2D eigenvalue weighted by atomic mass is 35.5. The van der Waals surface area contributed by atoms with E-state index >= 15 is 0 Å². The van der Waals surface area contributed by atoms with Crippen molar-refractivity contribution in [3.8, 4) is 11.5 Å². The molecular formula is C19H12Cl4O5S. The van der Waals surface area contributed by atoms with Gasteiger partial charge in [0.25, 0.3) is 10.1 Å². The average Bonchev–Trinajstić information content (AvgIpc) is 2.62. The van der Waals surface area contributed by atoms with Gasteiger partial charge in [0.15, 0.2) is 4.75 Å². The van der Waals surface area contributed by atoms with Crippen molar-refractivity contribution in [2.24, 2.45) is 0 Å². The quantitative estimate of drug-likeness (QED) is 0.311. The molecule has 0 saturated heterocycles. The average molecular weight is 494 g/mol. The number of rotatable bonds is 4. The minimum atomic E-state index is -5.02. The Kier molecular flexibility index (Phi) is 5.98. The molecule has 0 heterocycles. The van der Waals surface area contributed by atoms with Crippen LogP contribution in [0.1, 0.15) is 16.7 Å². The molecule has 152 valence electrons. The van der Waals surface area contributed by atoms with Crippen molar-refractivity contribution >= 4 is 56.5 Å². The topological polar surface area (TPSA) is 94.8 Å². The maximum absolute atomic E-state index is 12.9. The Labute approximate surface area is 186 Å². The van der Waals surface area contributed by atoms with Gasteiger partial charge in [-0.15, -0.1) is 0 Å². The predicted molar refractivity (Wildman–Crippen MR) is 114 cm³/mol. The van der Waals surface area contributed by atoms with Crippen molar-refractivity contribution in [2.45, 2.75) is 4.75 Å². The number of hydrogen-bond donors (Lipinski definition) is 3. The van der Waals surface area contributed by atoms with Gasteiger partial charge in [0, 0.05) is 16.7 Å². The minimum Gasteiger partial charge on any atom is -0.508 e. The first-order valence-corrected chi connectivity index (χ1v) is 10.8. The molecule has 3 aromatic carbocycles. The van der Waals surface area contributed by atoms with Gasteiger partial charge in [0.2, 0.25) is 0 Å². The van der Waals surface area contributed by atoms with Crippen LogP contribution in [0, 0.1) is 0 Å². The van der Waals surface area contributed by atoms with E-state index < -0.39 is 14.9 Å². The second kappa shape index (κ2) is 7.87. The van der Waals surface area contributed by atoms with Crippen LogP contribution in [0.25, 0.3) is 0 Å². The summed E-state index contributed by atoms with van der Waals surface area (Å²) in [5, 5.41) is 19.7. The molecule has 0 fully saturated rings. The maximum atomic E-state index is 12.9. The number of halogens is 4. The molecule has 0 aromatic heterocycles. The Bertz CT molecular complexity index is 1200. The smallest absolute Gasteiger partial charge is 0.283 e. The van der Waals surface area contributed by atoms with Crippen molar-refractivity contribution in [1.29, 1.82) is 0 Å². The maximum Gasteiger partial charge on any atom is 0.283 e. The first-order chi connectivity index (χ1) is 13.5. The van der Waals surface area contributed by atoms with E-state index in [1.807, 2.05) is 0 Å². The summed E-state index contributed by atoms with van der Waals surface area (Å²) in [5.41, 5.74) is -0.209. The Hall–Kier alpha value is -1.67. The van der Waals surface area contributed by atoms with Gasteiger partial charge < -0.3 is 10.2 Å². The second-order valence-electron chi connectivity index (χ2n) is 6.12. The molecule has 0 radical (unpaired) electrons. The van der Waals surface area contributed by atoms with Crippen LogP contribution in [0.3, 0.4) is 0 Å². The first kappa shape index (κ1) is 22.0. The van der Waals surface area contributed by atoms with Crippen LogP contribution in [0.5, 0.6) is 11.5 Å². The molecule has 0 spiro atoms. The van der Waals surface area contributed by atoms with E-state index in [-0.39, 0.29) is 43.3 Å². The number of phenols is 2. The van der Waals surface area contributed by atoms with Gasteiger partial charge in [-0.05, 0) is 41.5 Å². The predicted octanol–water partition coefficient (Wildman–Crippen LogP) is 5.89. The van der Waals surface area contributed by atoms with Crippen molar-refractivity contribution in [3.63, 3.8) is 0 Å². The van der Waals surface area contributed by atoms with Crippen LogP contribution in [-0.4, -0.2) is 23.2 Å². The Balaban J connectivity index is 2.58. The van der Waals surface area contributed by atoms with Crippen molar-refractivity contribution < 1.29 is 23.2 Å². The lowest BCUT2D eigenvalue weighted by Crippen LogP contribution is -2.38. The van der Waals surface area contributed by atoms with Crippen molar-refractivity contribution in [2.75, 3.05) is 0 Å². The molecule has 1 unspecified atom stereocenters. The molecule has 5 nitrogen and oxygen atoms in total. The number of benzene rings is 3. The molecule has 0 saturated carbocycles. The summed E-state index contributed by atoms with van der Waals surface area (Å²) in [6.07, 6.45) is 0. The van der Waals surface area contributed by atoms with Crippen LogP contribution >= 0.6 is 46.4 Å². The number of phenolic OH excluding ortho intramolecular Hbond substituents is 2. The highest BCUT2D eigenvalue weighted by Crippen LogP contribution is 2.50. The van der Waals surface area contributed by atoms with Crippen LogP contribution < -0.4 is 0 Å². The summed E-state index contributed by atoms with van der Waals surface area (Å²) >= 11 is 24.4. The minimum absolute atomic E-state index is 0.0475. The Morgan fingerprint density at radius 1 is 0.759 bits per heavy atom. The fourth-order valence-corrected chi connectivity index (χ4v) is 5.28. The molecule has 0 aliphatic rings. The zero-order valence-corrected chi connectivity index (χ0v) is 18.1. The zero-order chi connectivity index (χ0) is 21.6. The monoisotopic (exact) mass is 492 g/mol. The van der Waals surface area contributed by atoms with Gasteiger partial charge in [0.05, 0.1) is 15.1 Å². The Morgan fingerprint density at radius 3 is 1.90 bits per heavy atom. The summed E-state index contributed by atoms with van der Waals surface area (Å²) < 4.78 is 34.0. The fraction of sp³-hybridized carbons (Fsp3) is 0.0526. The van der Waals surface area contributed by atoms with E-state index in [0.717, 1.165) is 12.1 Å². The number of hydrogen-bond acceptors (Lipinski definition) is 4. The van der Waals surface area contributed by atoms with E-state index in [4.69, 9.17) is 46.4 Å². The summed E-state index contributed by atoms with van der Waals surface area (Å²) in [6.45, 7) is 0. The molecule has 0 aliphatic heterocycles. The molecule has 1 atom stereocenters. The largest absolute Gasteiger partial charge is 0.508 e. The lowest BCUT2D eigenvalue weighted by atomic mass is 9.83. The van der Waals surface area contributed by atoms with E-state index in [1.54, 1.807) is 0 Å². The summed E-state index contributed by atoms with van der Waals surface area (Å²) in [5.74, 6) is -0.669. The van der Waals surface area contributed by atoms with Crippen molar-refractivity contribution in [3.05, 3.63) is 91.4 Å². The number of aromatic hydroxyl groups is 2. The van der Waals surface area contributed by atoms with Gasteiger partial charge in [-0.3, -0.25) is 4.55 Å². The first-order valence-electron chi connectivity index (χ1n) is 7.89. The zero-order valence-electron chi connectivity index (χ0n) is 14.3. The van der Waals surface area contributed by atoms with Crippen molar-refractivity contribution in [1.82, 2.24) is 0 Å². The van der Waals surface area contributed by atoms with Crippen LogP contribution in [0.15, 0.2) is 54.6 Å². The van der Waals surface area contributed by atoms with Gasteiger partial charge in [0.1, 0.15) is 11.5 Å². The lowest BCUT2D eigenvalue weighted by Gasteiger charge is -2.33. The van der Waals surface area contributed by atoms with Crippen LogP contribution in [0.2, 0.25) is 20.1 Å². The Morgan fingerprint density at radius 2 is 1.34 bits per heavy atom. The fourth-order valence-electron chi connectivity index (χ4n) is 3.16. The van der Waals surface area contributed by atoms with Gasteiger partial charge in [-0.1, -0.05) is 64.6 Å². The molecule has 0 amide bonds. The summed E-state index contributed by atoms with van der Waals surface area (Å²) in [6, 6.07) is 11.4. The molecule has 3 rings (SSSR count). The standard InChI is InChI=1S/C19H12Cl4O5S/c20-12-4-1-10(2-5-12)19(29(26,27)28,11-3-6-17(25)15(21)7-11)14-8-13(24)9-16(22)18(14)23/h1-9,24-25H,(H,26,27,28). The lowest BCUT2D eigenvalue weighted by molar-refractivity contribution is 0.455. The van der Waals surface area contributed by atoms with E-state index in [9.17, 15) is 23.2 Å². The molecule has 3 aromatic rings. The second-order valence-corrected chi connectivity index (χ2v) is 9.31. The molecule has 0 bridgehead atoms. The third-order valence-corrected chi connectivity index (χ3v) is 7.21. The third-order valence-electron chi connectivity index (χ3n) is 4.38. The molecular weight excluding hydrogens is 482 g/mol. The summed E-state index contributed by atoms with van der Waals surface area (Å²) in [7, 11) is -5.02. The van der Waals surface area contributed by atoms with Gasteiger partial charge in [-0.2, -0.15) is 8.42 Å². The van der Waals surface area contributed by atoms with Crippen LogP contribution in [-0.2, 0) is 14.9 Å². The van der Waals surface area contributed by atoms with E-state index in [0.29, 0.717) is 5.02 Å².